The second kappa shape index (κ2) is 5.18. The number of hydrazine groups is 1. The molecular formula is C17H16N4S2. The number of para-hydroxylation sites is 1. The van der Waals surface area contributed by atoms with Crippen LogP contribution in [0.3, 0.4) is 0 Å². The van der Waals surface area contributed by atoms with E-state index >= 15 is 0 Å². The molecule has 2 aromatic carbocycles. The van der Waals surface area contributed by atoms with Crippen molar-refractivity contribution < 1.29 is 0 Å². The predicted octanol–water partition coefficient (Wildman–Crippen LogP) is 2.73. The first-order valence-corrected chi connectivity index (χ1v) is 8.25. The number of fused-ring (bicyclic) bond motifs is 1. The molecule has 2 atom stereocenters. The molecule has 4 nitrogen and oxygen atoms in total. The molecule has 2 aliphatic heterocycles. The first-order chi connectivity index (χ1) is 11.1. The van der Waals surface area contributed by atoms with Gasteiger partial charge >= 0.3 is 0 Å². The summed E-state index contributed by atoms with van der Waals surface area (Å²) in [6, 6.07) is 20.3. The van der Waals surface area contributed by atoms with Gasteiger partial charge in [0.25, 0.3) is 0 Å². The van der Waals surface area contributed by atoms with E-state index in [9.17, 15) is 0 Å². The molecule has 2 heterocycles. The fraction of sp³-hybridized carbons (Fsp3) is 0.176. The van der Waals surface area contributed by atoms with Crippen molar-refractivity contribution in [3.63, 3.8) is 0 Å². The van der Waals surface area contributed by atoms with Gasteiger partial charge in [0, 0.05) is 0 Å². The van der Waals surface area contributed by atoms with Crippen LogP contribution in [0.25, 0.3) is 0 Å². The Morgan fingerprint density at radius 2 is 1.52 bits per heavy atom. The van der Waals surface area contributed by atoms with Crippen LogP contribution in [0.5, 0.6) is 0 Å². The van der Waals surface area contributed by atoms with Crippen LogP contribution in [0.4, 0.5) is 5.69 Å². The van der Waals surface area contributed by atoms with E-state index in [0.29, 0.717) is 10.2 Å². The molecule has 116 valence electrons. The minimum Gasteiger partial charge on any atom is -0.348 e. The van der Waals surface area contributed by atoms with Gasteiger partial charge in [-0.05, 0) is 49.1 Å². The zero-order valence-corrected chi connectivity index (χ0v) is 14.2. The van der Waals surface area contributed by atoms with E-state index in [0.717, 1.165) is 5.69 Å². The normalized spacial score (nSPS) is 26.0. The Hall–Kier alpha value is -2.18. The minimum atomic E-state index is -0.355. The third-order valence-corrected chi connectivity index (χ3v) is 4.99. The van der Waals surface area contributed by atoms with Crippen LogP contribution in [-0.2, 0) is 5.54 Å². The fourth-order valence-electron chi connectivity index (χ4n) is 3.22. The molecule has 0 amide bonds. The highest BCUT2D eigenvalue weighted by Gasteiger charge is 2.54. The quantitative estimate of drug-likeness (QED) is 0.818. The smallest absolute Gasteiger partial charge is 0.194 e. The van der Waals surface area contributed by atoms with Gasteiger partial charge in [-0.15, -0.1) is 0 Å². The summed E-state index contributed by atoms with van der Waals surface area (Å²) in [7, 11) is 0. The molecule has 2 fully saturated rings. The van der Waals surface area contributed by atoms with Crippen LogP contribution in [-0.4, -0.2) is 21.4 Å². The maximum absolute atomic E-state index is 5.61. The highest BCUT2D eigenvalue weighted by molar-refractivity contribution is 7.81. The lowest BCUT2D eigenvalue weighted by molar-refractivity contribution is 0.264. The molecule has 23 heavy (non-hydrogen) atoms. The van der Waals surface area contributed by atoms with Crippen molar-refractivity contribution in [3.05, 3.63) is 66.2 Å². The lowest BCUT2D eigenvalue weighted by Crippen LogP contribution is -2.49. The summed E-state index contributed by atoms with van der Waals surface area (Å²) in [4.78, 5) is 0. The average Bonchev–Trinajstić information content (AvgIpc) is 3.05. The highest BCUT2D eigenvalue weighted by atomic mass is 32.1. The number of anilines is 1. The molecule has 2 N–H and O–H groups in total. The largest absolute Gasteiger partial charge is 0.348 e. The number of rotatable bonds is 2. The first-order valence-electron chi connectivity index (χ1n) is 7.44. The first kappa shape index (κ1) is 14.4. The second-order valence-corrected chi connectivity index (χ2v) is 6.62. The summed E-state index contributed by atoms with van der Waals surface area (Å²) < 4.78 is 0. The number of nitrogens with zero attached hydrogens (tertiary/aromatic N) is 2. The van der Waals surface area contributed by atoms with Gasteiger partial charge in [0.1, 0.15) is 5.54 Å². The van der Waals surface area contributed by atoms with Gasteiger partial charge in [-0.2, -0.15) is 0 Å². The Kier molecular flexibility index (Phi) is 3.25. The van der Waals surface area contributed by atoms with Crippen LogP contribution in [0.2, 0.25) is 0 Å². The van der Waals surface area contributed by atoms with E-state index in [4.69, 9.17) is 24.4 Å². The lowest BCUT2D eigenvalue weighted by atomic mass is 9.90. The molecule has 2 aliphatic rings. The second-order valence-electron chi connectivity index (χ2n) is 5.84. The van der Waals surface area contributed by atoms with Gasteiger partial charge in [0.05, 0.1) is 5.69 Å². The monoisotopic (exact) mass is 340 g/mol. The molecule has 4 rings (SSSR count). The van der Waals surface area contributed by atoms with Crippen molar-refractivity contribution in [1.82, 2.24) is 15.6 Å². The van der Waals surface area contributed by atoms with Crippen LogP contribution >= 0.6 is 24.4 Å². The molecule has 2 saturated heterocycles. The van der Waals surface area contributed by atoms with E-state index in [2.05, 4.69) is 29.7 Å². The van der Waals surface area contributed by atoms with Gasteiger partial charge in [0.2, 0.25) is 0 Å². The third-order valence-electron chi connectivity index (χ3n) is 4.41. The Bertz CT molecular complexity index is 765. The predicted molar refractivity (Wildman–Crippen MR) is 99.8 cm³/mol. The SMILES string of the molecule is C[C@@]1(c2ccccc2)NC(=S)N2[C@@H]1NC(=S)N2c1ccccc1. The molecule has 0 radical (unpaired) electrons. The van der Waals surface area contributed by atoms with Crippen LogP contribution in [0, 0.1) is 0 Å². The maximum Gasteiger partial charge on any atom is 0.194 e. The molecule has 0 aliphatic carbocycles. The maximum atomic E-state index is 5.61. The van der Waals surface area contributed by atoms with Crippen LogP contribution in [0.1, 0.15) is 12.5 Å². The Balaban J connectivity index is 1.77. The number of benzene rings is 2. The third kappa shape index (κ3) is 2.09. The highest BCUT2D eigenvalue weighted by Crippen LogP contribution is 2.37. The van der Waals surface area contributed by atoms with Gasteiger partial charge in [-0.1, -0.05) is 48.5 Å². The summed E-state index contributed by atoms with van der Waals surface area (Å²) in [5.74, 6) is 0. The van der Waals surface area contributed by atoms with Crippen molar-refractivity contribution in [2.45, 2.75) is 18.6 Å². The van der Waals surface area contributed by atoms with Gasteiger partial charge in [-0.3, -0.25) is 0 Å². The van der Waals surface area contributed by atoms with Crippen molar-refractivity contribution in [3.8, 4) is 0 Å². The standard InChI is InChI=1S/C17H16N4S2/c1-17(12-8-4-2-5-9-12)14-18-15(22)20(21(14)16(23)19-17)13-10-6-3-7-11-13/h2-11,14H,1H3,(H,18,22)(H,19,23)/t14-,17-/m0/s1. The van der Waals surface area contributed by atoms with Crippen molar-refractivity contribution >= 4 is 40.3 Å². The number of nitrogens with one attached hydrogen (secondary N) is 2. The van der Waals surface area contributed by atoms with Crippen molar-refractivity contribution in [1.29, 1.82) is 0 Å². The molecule has 0 unspecified atom stereocenters. The van der Waals surface area contributed by atoms with Crippen molar-refractivity contribution in [2.75, 3.05) is 5.01 Å². The number of thiocarbonyl (C=S) groups is 2. The molecule has 0 saturated carbocycles. The molecule has 2 aromatic rings. The minimum absolute atomic E-state index is 0.0647. The van der Waals surface area contributed by atoms with Crippen molar-refractivity contribution in [2.24, 2.45) is 0 Å². The fourth-order valence-corrected chi connectivity index (χ4v) is 3.93. The van der Waals surface area contributed by atoms with Gasteiger partial charge < -0.3 is 10.6 Å². The summed E-state index contributed by atoms with van der Waals surface area (Å²) in [5, 5.41) is 12.2. The van der Waals surface area contributed by atoms with Gasteiger partial charge in [-0.25, -0.2) is 10.0 Å². The molecule has 0 spiro atoms. The van der Waals surface area contributed by atoms with E-state index in [-0.39, 0.29) is 11.7 Å². The Labute approximate surface area is 146 Å². The molecular weight excluding hydrogens is 324 g/mol. The molecule has 0 aromatic heterocycles. The summed E-state index contributed by atoms with van der Waals surface area (Å²) in [6.07, 6.45) is -0.0647. The zero-order valence-electron chi connectivity index (χ0n) is 12.6. The zero-order chi connectivity index (χ0) is 16.0. The molecule has 6 heteroatoms. The summed E-state index contributed by atoms with van der Waals surface area (Å²) >= 11 is 11.2. The average molecular weight is 340 g/mol. The number of hydrogen-bond donors (Lipinski definition) is 2. The Morgan fingerprint density at radius 3 is 2.17 bits per heavy atom. The van der Waals surface area contributed by atoms with E-state index in [1.165, 1.54) is 5.56 Å². The number of hydrogen-bond acceptors (Lipinski definition) is 2. The van der Waals surface area contributed by atoms with Crippen LogP contribution < -0.4 is 15.6 Å². The summed E-state index contributed by atoms with van der Waals surface area (Å²) in [6.45, 7) is 2.14. The summed E-state index contributed by atoms with van der Waals surface area (Å²) in [5.41, 5.74) is 1.81. The van der Waals surface area contributed by atoms with Gasteiger partial charge in [0.15, 0.2) is 16.4 Å². The topological polar surface area (TPSA) is 30.5 Å². The van der Waals surface area contributed by atoms with E-state index in [1.807, 2.05) is 58.5 Å². The van der Waals surface area contributed by atoms with Crippen LogP contribution in [0.15, 0.2) is 60.7 Å². The molecule has 0 bridgehead atoms. The lowest BCUT2D eigenvalue weighted by Gasteiger charge is -2.30. The Morgan fingerprint density at radius 1 is 0.913 bits per heavy atom. The van der Waals surface area contributed by atoms with E-state index < -0.39 is 0 Å². The van der Waals surface area contributed by atoms with E-state index in [1.54, 1.807) is 0 Å².